The summed E-state index contributed by atoms with van der Waals surface area (Å²) >= 11 is 1.41. The first-order valence-electron chi connectivity index (χ1n) is 6.19. The number of benzene rings is 1. The van der Waals surface area contributed by atoms with Crippen LogP contribution in [0.3, 0.4) is 0 Å². The van der Waals surface area contributed by atoms with Crippen LogP contribution in [0.15, 0.2) is 35.7 Å². The van der Waals surface area contributed by atoms with Gasteiger partial charge in [-0.1, -0.05) is 18.2 Å². The molecule has 1 heterocycles. The molecule has 0 saturated carbocycles. The average Bonchev–Trinajstić information content (AvgIpc) is 2.95. The van der Waals surface area contributed by atoms with Crippen molar-refractivity contribution in [3.63, 3.8) is 0 Å². The maximum Gasteiger partial charge on any atom is 0.270 e. The van der Waals surface area contributed by atoms with Gasteiger partial charge in [0.05, 0.1) is 6.61 Å². The molecular weight excluding hydrogens is 276 g/mol. The van der Waals surface area contributed by atoms with Gasteiger partial charge in [0.15, 0.2) is 0 Å². The van der Waals surface area contributed by atoms with Crippen molar-refractivity contribution in [1.29, 1.82) is 0 Å². The smallest absolute Gasteiger partial charge is 0.270 e. The standard InChI is InChI=1S/C14H16N2O3S/c1-18-8-7-15-14(17)12-10-20-13(16-12)9-19-11-5-3-2-4-6-11/h2-6,10H,7-9H2,1H3,(H,15,17). The predicted octanol–water partition coefficient (Wildman–Crippen LogP) is 2.10. The summed E-state index contributed by atoms with van der Waals surface area (Å²) < 4.78 is 10.4. The van der Waals surface area contributed by atoms with E-state index < -0.39 is 0 Å². The van der Waals surface area contributed by atoms with E-state index in [1.165, 1.54) is 11.3 Å². The summed E-state index contributed by atoms with van der Waals surface area (Å²) in [6, 6.07) is 9.51. The fourth-order valence-electron chi connectivity index (χ4n) is 1.50. The van der Waals surface area contributed by atoms with E-state index in [2.05, 4.69) is 10.3 Å². The van der Waals surface area contributed by atoms with Crippen molar-refractivity contribution in [2.45, 2.75) is 6.61 Å². The lowest BCUT2D eigenvalue weighted by Gasteiger charge is -2.03. The number of nitrogens with zero attached hydrogens (tertiary/aromatic N) is 1. The van der Waals surface area contributed by atoms with Gasteiger partial charge in [0, 0.05) is 19.0 Å². The maximum absolute atomic E-state index is 11.7. The van der Waals surface area contributed by atoms with Crippen molar-refractivity contribution in [1.82, 2.24) is 10.3 Å². The van der Waals surface area contributed by atoms with Gasteiger partial charge >= 0.3 is 0 Å². The van der Waals surface area contributed by atoms with E-state index in [4.69, 9.17) is 9.47 Å². The van der Waals surface area contributed by atoms with Crippen molar-refractivity contribution in [2.24, 2.45) is 0 Å². The molecule has 0 aliphatic rings. The Bertz CT molecular complexity index is 542. The molecule has 0 aliphatic carbocycles. The number of nitrogens with one attached hydrogen (secondary N) is 1. The highest BCUT2D eigenvalue weighted by molar-refractivity contribution is 7.09. The molecule has 0 spiro atoms. The van der Waals surface area contributed by atoms with Crippen LogP contribution in [0.5, 0.6) is 5.75 Å². The zero-order chi connectivity index (χ0) is 14.2. The van der Waals surface area contributed by atoms with Gasteiger partial charge in [0.2, 0.25) is 0 Å². The SMILES string of the molecule is COCCNC(=O)c1csc(COc2ccccc2)n1. The Morgan fingerprint density at radius 1 is 1.35 bits per heavy atom. The number of carbonyl (C=O) groups is 1. The predicted molar refractivity (Wildman–Crippen MR) is 77.1 cm³/mol. The average molecular weight is 292 g/mol. The summed E-state index contributed by atoms with van der Waals surface area (Å²) in [7, 11) is 1.59. The Morgan fingerprint density at radius 3 is 2.90 bits per heavy atom. The first kappa shape index (κ1) is 14.5. The molecule has 5 nitrogen and oxygen atoms in total. The molecule has 2 rings (SSSR count). The van der Waals surface area contributed by atoms with Crippen LogP contribution in [0.25, 0.3) is 0 Å². The lowest BCUT2D eigenvalue weighted by atomic mass is 10.3. The number of methoxy groups -OCH3 is 1. The van der Waals surface area contributed by atoms with Gasteiger partial charge in [0.25, 0.3) is 5.91 Å². The third-order valence-electron chi connectivity index (χ3n) is 2.48. The zero-order valence-corrected chi connectivity index (χ0v) is 12.0. The molecule has 0 unspecified atom stereocenters. The Morgan fingerprint density at radius 2 is 2.15 bits per heavy atom. The number of amides is 1. The molecular formula is C14H16N2O3S. The lowest BCUT2D eigenvalue weighted by molar-refractivity contribution is 0.0932. The molecule has 1 aromatic carbocycles. The number of para-hydroxylation sites is 1. The minimum absolute atomic E-state index is 0.190. The summed E-state index contributed by atoms with van der Waals surface area (Å²) in [5.41, 5.74) is 0.415. The van der Waals surface area contributed by atoms with Crippen LogP contribution in [0.2, 0.25) is 0 Å². The van der Waals surface area contributed by atoms with Crippen LogP contribution in [-0.2, 0) is 11.3 Å². The van der Waals surface area contributed by atoms with Gasteiger partial charge in [-0.25, -0.2) is 4.98 Å². The highest BCUT2D eigenvalue weighted by Gasteiger charge is 2.10. The molecule has 0 aliphatic heterocycles. The molecule has 0 bridgehead atoms. The van der Waals surface area contributed by atoms with Crippen LogP contribution >= 0.6 is 11.3 Å². The number of thiazole rings is 1. The molecule has 1 aromatic heterocycles. The molecule has 0 atom stereocenters. The van der Waals surface area contributed by atoms with Crippen LogP contribution in [0, 0.1) is 0 Å². The van der Waals surface area contributed by atoms with Gasteiger partial charge < -0.3 is 14.8 Å². The van der Waals surface area contributed by atoms with E-state index in [9.17, 15) is 4.79 Å². The van der Waals surface area contributed by atoms with Crippen LogP contribution in [0.1, 0.15) is 15.5 Å². The summed E-state index contributed by atoms with van der Waals surface area (Å²) in [6.07, 6.45) is 0. The minimum atomic E-state index is -0.190. The molecule has 0 radical (unpaired) electrons. The third-order valence-corrected chi connectivity index (χ3v) is 3.30. The van der Waals surface area contributed by atoms with E-state index >= 15 is 0 Å². The second kappa shape index (κ2) is 7.62. The molecule has 106 valence electrons. The molecule has 6 heteroatoms. The fourth-order valence-corrected chi connectivity index (χ4v) is 2.19. The molecule has 0 fully saturated rings. The molecule has 20 heavy (non-hydrogen) atoms. The van der Waals surface area contributed by atoms with Gasteiger partial charge in [-0.05, 0) is 12.1 Å². The topological polar surface area (TPSA) is 60.5 Å². The van der Waals surface area contributed by atoms with Crippen molar-refractivity contribution >= 4 is 17.2 Å². The number of hydrogen-bond acceptors (Lipinski definition) is 5. The Balaban J connectivity index is 1.84. The van der Waals surface area contributed by atoms with Gasteiger partial charge in [-0.15, -0.1) is 11.3 Å². The van der Waals surface area contributed by atoms with Gasteiger partial charge in [-0.2, -0.15) is 0 Å². The number of rotatable bonds is 7. The molecule has 1 amide bonds. The van der Waals surface area contributed by atoms with Crippen molar-refractivity contribution < 1.29 is 14.3 Å². The lowest BCUT2D eigenvalue weighted by Crippen LogP contribution is -2.27. The monoisotopic (exact) mass is 292 g/mol. The quantitative estimate of drug-likeness (QED) is 0.794. The third kappa shape index (κ3) is 4.32. The van der Waals surface area contributed by atoms with E-state index in [1.807, 2.05) is 30.3 Å². The Hall–Kier alpha value is -1.92. The maximum atomic E-state index is 11.7. The molecule has 2 aromatic rings. The number of aromatic nitrogens is 1. The van der Waals surface area contributed by atoms with E-state index in [0.717, 1.165) is 10.8 Å². The van der Waals surface area contributed by atoms with Crippen molar-refractivity contribution in [2.75, 3.05) is 20.3 Å². The van der Waals surface area contributed by atoms with E-state index in [-0.39, 0.29) is 5.91 Å². The number of ether oxygens (including phenoxy) is 2. The summed E-state index contributed by atoms with van der Waals surface area (Å²) in [5.74, 6) is 0.595. The molecule has 0 saturated heterocycles. The normalized spacial score (nSPS) is 10.2. The minimum Gasteiger partial charge on any atom is -0.486 e. The second-order valence-electron chi connectivity index (χ2n) is 3.98. The van der Waals surface area contributed by atoms with Crippen molar-refractivity contribution in [3.05, 3.63) is 46.4 Å². The van der Waals surface area contributed by atoms with E-state index in [0.29, 0.717) is 25.5 Å². The number of carbonyl (C=O) groups excluding carboxylic acids is 1. The summed E-state index contributed by atoms with van der Waals surface area (Å²) in [5, 5.41) is 5.22. The Kier molecular flexibility index (Phi) is 5.52. The fraction of sp³-hybridized carbons (Fsp3) is 0.286. The first-order valence-corrected chi connectivity index (χ1v) is 7.07. The highest BCUT2D eigenvalue weighted by Crippen LogP contribution is 2.14. The van der Waals surface area contributed by atoms with Crippen LogP contribution in [-0.4, -0.2) is 31.2 Å². The summed E-state index contributed by atoms with van der Waals surface area (Å²) in [4.78, 5) is 16.0. The van der Waals surface area contributed by atoms with Crippen LogP contribution in [0.4, 0.5) is 0 Å². The van der Waals surface area contributed by atoms with Crippen LogP contribution < -0.4 is 10.1 Å². The van der Waals surface area contributed by atoms with E-state index in [1.54, 1.807) is 12.5 Å². The zero-order valence-electron chi connectivity index (χ0n) is 11.2. The first-order chi connectivity index (χ1) is 9.79. The van der Waals surface area contributed by atoms with Crippen molar-refractivity contribution in [3.8, 4) is 5.75 Å². The Labute approximate surface area is 121 Å². The second-order valence-corrected chi connectivity index (χ2v) is 4.92. The summed E-state index contributed by atoms with van der Waals surface area (Å²) in [6.45, 7) is 1.32. The highest BCUT2D eigenvalue weighted by atomic mass is 32.1. The van der Waals surface area contributed by atoms with Gasteiger partial charge in [-0.3, -0.25) is 4.79 Å². The largest absolute Gasteiger partial charge is 0.486 e. The number of hydrogen-bond donors (Lipinski definition) is 1. The molecule has 1 N–H and O–H groups in total. The van der Waals surface area contributed by atoms with Gasteiger partial charge in [0.1, 0.15) is 23.1 Å².